The van der Waals surface area contributed by atoms with Crippen molar-refractivity contribution in [3.63, 3.8) is 0 Å². The van der Waals surface area contributed by atoms with E-state index in [0.29, 0.717) is 5.39 Å². The molecule has 0 radical (unpaired) electrons. The predicted octanol–water partition coefficient (Wildman–Crippen LogP) is 3.44. The number of amides is 1. The van der Waals surface area contributed by atoms with E-state index in [1.54, 1.807) is 24.3 Å². The molecule has 1 aromatic heterocycles. The lowest BCUT2D eigenvalue weighted by Gasteiger charge is -2.22. The lowest BCUT2D eigenvalue weighted by Crippen LogP contribution is -2.36. The number of carbonyl (C=O) groups is 1. The van der Waals surface area contributed by atoms with Crippen molar-refractivity contribution in [3.8, 4) is 0 Å². The van der Waals surface area contributed by atoms with Crippen molar-refractivity contribution in [1.29, 1.82) is 0 Å². The van der Waals surface area contributed by atoms with Gasteiger partial charge in [-0.05, 0) is 25.0 Å². The maximum Gasteiger partial charge on any atom is 0.270 e. The molecule has 1 amide bonds. The summed E-state index contributed by atoms with van der Waals surface area (Å²) in [5, 5.41) is 3.70. The van der Waals surface area contributed by atoms with Gasteiger partial charge in [-0.25, -0.2) is 9.37 Å². The minimum atomic E-state index is -0.394. The summed E-state index contributed by atoms with van der Waals surface area (Å²) >= 11 is 0. The zero-order valence-electron chi connectivity index (χ0n) is 11.2. The summed E-state index contributed by atoms with van der Waals surface area (Å²) in [7, 11) is 0. The van der Waals surface area contributed by atoms with Crippen molar-refractivity contribution in [2.24, 2.45) is 0 Å². The molecule has 1 aliphatic rings. The minimum absolute atomic E-state index is 0.206. The first kappa shape index (κ1) is 13.0. The van der Waals surface area contributed by atoms with Crippen LogP contribution >= 0.6 is 0 Å². The molecular weight excluding hydrogens is 255 g/mol. The zero-order chi connectivity index (χ0) is 13.9. The molecule has 1 aromatic carbocycles. The van der Waals surface area contributed by atoms with E-state index in [2.05, 4.69) is 10.3 Å². The number of hydrogen-bond acceptors (Lipinski definition) is 2. The highest BCUT2D eigenvalue weighted by atomic mass is 19.1. The van der Waals surface area contributed by atoms with Crippen LogP contribution < -0.4 is 5.32 Å². The SMILES string of the molecule is O=C(NC1CCCCC1)c1ccc2cccc(F)c2n1. The molecule has 104 valence electrons. The van der Waals surface area contributed by atoms with Crippen LogP contribution in [0.25, 0.3) is 10.9 Å². The van der Waals surface area contributed by atoms with Crippen LogP contribution in [0.15, 0.2) is 30.3 Å². The quantitative estimate of drug-likeness (QED) is 0.910. The summed E-state index contributed by atoms with van der Waals surface area (Å²) in [4.78, 5) is 16.3. The number of nitrogens with zero attached hydrogens (tertiary/aromatic N) is 1. The first-order chi connectivity index (χ1) is 9.74. The Labute approximate surface area is 117 Å². The standard InChI is InChI=1S/C16H17FN2O/c17-13-8-4-5-11-9-10-14(19-15(11)13)16(20)18-12-6-2-1-3-7-12/h4-5,8-10,12H,1-3,6-7H2,(H,18,20). The maximum absolute atomic E-state index is 13.7. The number of nitrogens with one attached hydrogen (secondary N) is 1. The second kappa shape index (κ2) is 5.57. The number of aromatic nitrogens is 1. The molecule has 20 heavy (non-hydrogen) atoms. The van der Waals surface area contributed by atoms with Crippen LogP contribution in [-0.2, 0) is 0 Å². The van der Waals surface area contributed by atoms with Gasteiger partial charge in [-0.1, -0.05) is 37.5 Å². The fraction of sp³-hybridized carbons (Fsp3) is 0.375. The highest BCUT2D eigenvalue weighted by Crippen LogP contribution is 2.19. The van der Waals surface area contributed by atoms with E-state index in [1.165, 1.54) is 12.5 Å². The number of halogens is 1. The molecule has 3 rings (SSSR count). The van der Waals surface area contributed by atoms with E-state index in [-0.39, 0.29) is 23.2 Å². The average Bonchev–Trinajstić information content (AvgIpc) is 2.48. The summed E-state index contributed by atoms with van der Waals surface area (Å²) in [5.41, 5.74) is 0.539. The lowest BCUT2D eigenvalue weighted by atomic mass is 9.95. The highest BCUT2D eigenvalue weighted by molar-refractivity contribution is 5.95. The van der Waals surface area contributed by atoms with Crippen molar-refractivity contribution >= 4 is 16.8 Å². The van der Waals surface area contributed by atoms with E-state index < -0.39 is 5.82 Å². The van der Waals surface area contributed by atoms with Crippen LogP contribution in [-0.4, -0.2) is 16.9 Å². The number of hydrogen-bond donors (Lipinski definition) is 1. The molecule has 1 heterocycles. The monoisotopic (exact) mass is 272 g/mol. The van der Waals surface area contributed by atoms with Gasteiger partial charge in [0, 0.05) is 11.4 Å². The summed E-state index contributed by atoms with van der Waals surface area (Å²) in [6, 6.07) is 8.41. The molecule has 1 fully saturated rings. The van der Waals surface area contributed by atoms with Gasteiger partial charge < -0.3 is 5.32 Å². The Morgan fingerprint density at radius 2 is 1.95 bits per heavy atom. The van der Waals surface area contributed by atoms with Gasteiger partial charge in [0.15, 0.2) is 0 Å². The van der Waals surface area contributed by atoms with Crippen LogP contribution in [0.5, 0.6) is 0 Å². The molecular formula is C16H17FN2O. The van der Waals surface area contributed by atoms with E-state index >= 15 is 0 Å². The molecule has 4 heteroatoms. The van der Waals surface area contributed by atoms with E-state index in [9.17, 15) is 9.18 Å². The molecule has 0 unspecified atom stereocenters. The number of rotatable bonds is 2. The number of carbonyl (C=O) groups excluding carboxylic acids is 1. The Balaban J connectivity index is 1.82. The Morgan fingerprint density at radius 3 is 2.75 bits per heavy atom. The number of para-hydroxylation sites is 1. The molecule has 0 aliphatic heterocycles. The third kappa shape index (κ3) is 2.64. The van der Waals surface area contributed by atoms with Gasteiger partial charge >= 0.3 is 0 Å². The summed E-state index contributed by atoms with van der Waals surface area (Å²) in [6.07, 6.45) is 5.60. The van der Waals surface area contributed by atoms with Crippen LogP contribution in [0.3, 0.4) is 0 Å². The van der Waals surface area contributed by atoms with Gasteiger partial charge in [-0.3, -0.25) is 4.79 Å². The molecule has 0 bridgehead atoms. The predicted molar refractivity (Wildman–Crippen MR) is 76.0 cm³/mol. The van der Waals surface area contributed by atoms with E-state index in [0.717, 1.165) is 25.7 Å². The second-order valence-electron chi connectivity index (χ2n) is 5.32. The maximum atomic E-state index is 13.7. The topological polar surface area (TPSA) is 42.0 Å². The van der Waals surface area contributed by atoms with Gasteiger partial charge in [-0.15, -0.1) is 0 Å². The van der Waals surface area contributed by atoms with Crippen LogP contribution in [0.4, 0.5) is 4.39 Å². The fourth-order valence-corrected chi connectivity index (χ4v) is 2.74. The molecule has 2 aromatic rings. The fourth-order valence-electron chi connectivity index (χ4n) is 2.74. The zero-order valence-corrected chi connectivity index (χ0v) is 11.2. The van der Waals surface area contributed by atoms with Crippen molar-refractivity contribution in [2.45, 2.75) is 38.1 Å². The van der Waals surface area contributed by atoms with Gasteiger partial charge in [0.05, 0.1) is 0 Å². The van der Waals surface area contributed by atoms with Crippen LogP contribution in [0.1, 0.15) is 42.6 Å². The van der Waals surface area contributed by atoms with Gasteiger partial charge in [-0.2, -0.15) is 0 Å². The Kier molecular flexibility index (Phi) is 3.63. The molecule has 3 nitrogen and oxygen atoms in total. The number of pyridine rings is 1. The van der Waals surface area contributed by atoms with Crippen molar-refractivity contribution < 1.29 is 9.18 Å². The molecule has 1 saturated carbocycles. The molecule has 1 aliphatic carbocycles. The third-order valence-corrected chi connectivity index (χ3v) is 3.84. The normalized spacial score (nSPS) is 16.2. The smallest absolute Gasteiger partial charge is 0.270 e. The summed E-state index contributed by atoms with van der Waals surface area (Å²) in [5.74, 6) is -0.600. The van der Waals surface area contributed by atoms with Crippen molar-refractivity contribution in [1.82, 2.24) is 10.3 Å². The molecule has 0 spiro atoms. The average molecular weight is 272 g/mol. The molecule has 0 saturated heterocycles. The Bertz CT molecular complexity index is 635. The second-order valence-corrected chi connectivity index (χ2v) is 5.32. The van der Waals surface area contributed by atoms with Crippen LogP contribution in [0, 0.1) is 5.82 Å². The van der Waals surface area contributed by atoms with E-state index in [4.69, 9.17) is 0 Å². The van der Waals surface area contributed by atoms with E-state index in [1.807, 2.05) is 0 Å². The first-order valence-corrected chi connectivity index (χ1v) is 7.10. The molecule has 0 atom stereocenters. The molecule has 1 N–H and O–H groups in total. The number of fused-ring (bicyclic) bond motifs is 1. The minimum Gasteiger partial charge on any atom is -0.348 e. The highest BCUT2D eigenvalue weighted by Gasteiger charge is 2.17. The van der Waals surface area contributed by atoms with Gasteiger partial charge in [0.2, 0.25) is 0 Å². The largest absolute Gasteiger partial charge is 0.348 e. The summed E-state index contributed by atoms with van der Waals surface area (Å²) in [6.45, 7) is 0. The van der Waals surface area contributed by atoms with Gasteiger partial charge in [0.25, 0.3) is 5.91 Å². The summed E-state index contributed by atoms with van der Waals surface area (Å²) < 4.78 is 13.7. The van der Waals surface area contributed by atoms with Crippen molar-refractivity contribution in [2.75, 3.05) is 0 Å². The lowest BCUT2D eigenvalue weighted by molar-refractivity contribution is 0.0923. The Hall–Kier alpha value is -1.97. The first-order valence-electron chi connectivity index (χ1n) is 7.10. The van der Waals surface area contributed by atoms with Crippen molar-refractivity contribution in [3.05, 3.63) is 41.8 Å². The Morgan fingerprint density at radius 1 is 1.15 bits per heavy atom. The van der Waals surface area contributed by atoms with Crippen LogP contribution in [0.2, 0.25) is 0 Å². The number of benzene rings is 1. The third-order valence-electron chi connectivity index (χ3n) is 3.84. The van der Waals surface area contributed by atoms with Gasteiger partial charge in [0.1, 0.15) is 17.0 Å².